The number of carbonyl (C=O) groups excluding carboxylic acids is 2. The number of carbonyl (C=O) groups is 2. The lowest BCUT2D eigenvalue weighted by Gasteiger charge is -2.04. The number of anilines is 1. The van der Waals surface area contributed by atoms with Crippen LogP contribution in [0.15, 0.2) is 47.8 Å². The Morgan fingerprint density at radius 3 is 2.56 bits per heavy atom. The van der Waals surface area contributed by atoms with Gasteiger partial charge in [-0.15, -0.1) is 22.7 Å². The lowest BCUT2D eigenvalue weighted by atomic mass is 10.1. The summed E-state index contributed by atoms with van der Waals surface area (Å²) in [6, 6.07) is 13.6. The lowest BCUT2D eigenvalue weighted by molar-refractivity contribution is -0.116. The van der Waals surface area contributed by atoms with Crippen molar-refractivity contribution in [3.63, 3.8) is 0 Å². The molecule has 0 spiro atoms. The molecule has 0 unspecified atom stereocenters. The minimum absolute atomic E-state index is 0.152. The van der Waals surface area contributed by atoms with Crippen LogP contribution >= 0.6 is 22.7 Å². The smallest absolute Gasteiger partial charge is 0.261 e. The van der Waals surface area contributed by atoms with E-state index in [-0.39, 0.29) is 24.8 Å². The SMILES string of the molecule is CC(C)c1sc(NC(=O)CCNC(=O)c2cccs2)nc1-c1ccccc1. The second-order valence-electron chi connectivity index (χ2n) is 6.28. The van der Waals surface area contributed by atoms with Crippen molar-refractivity contribution in [1.29, 1.82) is 0 Å². The van der Waals surface area contributed by atoms with E-state index < -0.39 is 0 Å². The van der Waals surface area contributed by atoms with Gasteiger partial charge in [-0.05, 0) is 17.4 Å². The number of rotatable bonds is 7. The molecule has 0 fully saturated rings. The molecule has 2 heterocycles. The number of amides is 2. The topological polar surface area (TPSA) is 71.1 Å². The Bertz CT molecular complexity index is 903. The molecule has 2 N–H and O–H groups in total. The maximum absolute atomic E-state index is 12.2. The van der Waals surface area contributed by atoms with Crippen LogP contribution in [0.1, 0.15) is 40.7 Å². The molecule has 2 aromatic heterocycles. The van der Waals surface area contributed by atoms with E-state index in [1.807, 2.05) is 41.8 Å². The molecule has 140 valence electrons. The van der Waals surface area contributed by atoms with Gasteiger partial charge >= 0.3 is 0 Å². The van der Waals surface area contributed by atoms with Crippen LogP contribution in [0, 0.1) is 0 Å². The van der Waals surface area contributed by atoms with Crippen LogP contribution in [-0.4, -0.2) is 23.3 Å². The molecule has 0 atom stereocenters. The third-order valence-electron chi connectivity index (χ3n) is 3.85. The van der Waals surface area contributed by atoms with E-state index in [1.165, 1.54) is 22.7 Å². The fourth-order valence-electron chi connectivity index (χ4n) is 2.55. The predicted molar refractivity (Wildman–Crippen MR) is 112 cm³/mol. The first-order valence-corrected chi connectivity index (χ1v) is 10.4. The van der Waals surface area contributed by atoms with Crippen molar-refractivity contribution in [1.82, 2.24) is 10.3 Å². The van der Waals surface area contributed by atoms with Crippen molar-refractivity contribution >= 4 is 39.6 Å². The molecule has 7 heteroatoms. The van der Waals surface area contributed by atoms with E-state index in [0.717, 1.165) is 16.1 Å². The van der Waals surface area contributed by atoms with Crippen molar-refractivity contribution in [3.05, 3.63) is 57.6 Å². The number of nitrogens with one attached hydrogen (secondary N) is 2. The van der Waals surface area contributed by atoms with Gasteiger partial charge < -0.3 is 10.6 Å². The normalized spacial score (nSPS) is 10.8. The Labute approximate surface area is 166 Å². The molecule has 27 heavy (non-hydrogen) atoms. The van der Waals surface area contributed by atoms with E-state index in [2.05, 4.69) is 29.5 Å². The third kappa shape index (κ3) is 5.02. The van der Waals surface area contributed by atoms with Crippen LogP contribution in [0.25, 0.3) is 11.3 Å². The molecule has 0 aliphatic heterocycles. The predicted octanol–water partition coefficient (Wildman–Crippen LogP) is 4.75. The van der Waals surface area contributed by atoms with Gasteiger partial charge in [0.05, 0.1) is 10.6 Å². The second-order valence-corrected chi connectivity index (χ2v) is 8.26. The van der Waals surface area contributed by atoms with Gasteiger partial charge in [0, 0.05) is 23.4 Å². The van der Waals surface area contributed by atoms with Crippen LogP contribution in [0.2, 0.25) is 0 Å². The maximum atomic E-state index is 12.2. The standard InChI is InChI=1S/C20H21N3O2S2/c1-13(2)18-17(14-7-4-3-5-8-14)23-20(27-18)22-16(24)10-11-21-19(25)15-9-6-12-26-15/h3-9,12-13H,10-11H2,1-2H3,(H,21,25)(H,22,23,24). The van der Waals surface area contributed by atoms with E-state index in [0.29, 0.717) is 15.9 Å². The Morgan fingerprint density at radius 2 is 1.89 bits per heavy atom. The number of thiophene rings is 1. The lowest BCUT2D eigenvalue weighted by Crippen LogP contribution is -2.27. The molecule has 5 nitrogen and oxygen atoms in total. The van der Waals surface area contributed by atoms with E-state index in [1.54, 1.807) is 6.07 Å². The van der Waals surface area contributed by atoms with Crippen molar-refractivity contribution in [3.8, 4) is 11.3 Å². The van der Waals surface area contributed by atoms with Crippen molar-refractivity contribution in [2.75, 3.05) is 11.9 Å². The number of aromatic nitrogens is 1. The summed E-state index contributed by atoms with van der Waals surface area (Å²) < 4.78 is 0. The van der Waals surface area contributed by atoms with Crippen molar-refractivity contribution in [2.45, 2.75) is 26.2 Å². The molecule has 0 saturated carbocycles. The van der Waals surface area contributed by atoms with Gasteiger partial charge in [-0.3, -0.25) is 9.59 Å². The first-order valence-electron chi connectivity index (χ1n) is 8.72. The minimum atomic E-state index is -0.162. The van der Waals surface area contributed by atoms with E-state index in [9.17, 15) is 9.59 Å². The number of hydrogen-bond donors (Lipinski definition) is 2. The minimum Gasteiger partial charge on any atom is -0.351 e. The zero-order valence-electron chi connectivity index (χ0n) is 15.2. The molecule has 0 radical (unpaired) electrons. The van der Waals surface area contributed by atoms with Gasteiger partial charge in [-0.1, -0.05) is 50.2 Å². The van der Waals surface area contributed by atoms with Crippen LogP contribution in [0.5, 0.6) is 0 Å². The summed E-state index contributed by atoms with van der Waals surface area (Å²) in [5, 5.41) is 8.05. The zero-order valence-corrected chi connectivity index (χ0v) is 16.8. The summed E-state index contributed by atoms with van der Waals surface area (Å²) in [5.41, 5.74) is 1.96. The average molecular weight is 400 g/mol. The summed E-state index contributed by atoms with van der Waals surface area (Å²) in [6.45, 7) is 4.52. The van der Waals surface area contributed by atoms with Crippen molar-refractivity contribution in [2.24, 2.45) is 0 Å². The largest absolute Gasteiger partial charge is 0.351 e. The van der Waals surface area contributed by atoms with Gasteiger partial charge in [0.25, 0.3) is 5.91 Å². The quantitative estimate of drug-likeness (QED) is 0.602. The highest BCUT2D eigenvalue weighted by atomic mass is 32.1. The first-order chi connectivity index (χ1) is 13.0. The Balaban J connectivity index is 1.60. The second kappa shape index (κ2) is 8.92. The zero-order chi connectivity index (χ0) is 19.2. The van der Waals surface area contributed by atoms with Gasteiger partial charge in [0.15, 0.2) is 5.13 Å². The number of nitrogens with zero attached hydrogens (tertiary/aromatic N) is 1. The molecule has 0 aliphatic carbocycles. The monoisotopic (exact) mass is 399 g/mol. The summed E-state index contributed by atoms with van der Waals surface area (Å²) in [7, 11) is 0. The van der Waals surface area contributed by atoms with Gasteiger partial charge in [0.1, 0.15) is 0 Å². The molecule has 0 saturated heterocycles. The molecular weight excluding hydrogens is 378 g/mol. The summed E-state index contributed by atoms with van der Waals surface area (Å²) in [6.07, 6.45) is 0.203. The Hall–Kier alpha value is -2.51. The number of hydrogen-bond acceptors (Lipinski definition) is 5. The van der Waals surface area contributed by atoms with Crippen LogP contribution < -0.4 is 10.6 Å². The highest BCUT2D eigenvalue weighted by molar-refractivity contribution is 7.16. The fourth-order valence-corrected chi connectivity index (χ4v) is 4.19. The van der Waals surface area contributed by atoms with Crippen molar-refractivity contribution < 1.29 is 9.59 Å². The molecule has 3 rings (SSSR count). The van der Waals surface area contributed by atoms with Crippen LogP contribution in [0.3, 0.4) is 0 Å². The van der Waals surface area contributed by atoms with Gasteiger partial charge in [-0.25, -0.2) is 4.98 Å². The molecule has 0 aliphatic rings. The fraction of sp³-hybridized carbons (Fsp3) is 0.250. The van der Waals surface area contributed by atoms with Crippen LogP contribution in [-0.2, 0) is 4.79 Å². The summed E-state index contributed by atoms with van der Waals surface area (Å²) >= 11 is 2.88. The highest BCUT2D eigenvalue weighted by Crippen LogP contribution is 2.36. The summed E-state index contributed by atoms with van der Waals surface area (Å²) in [4.78, 5) is 30.5. The number of benzene rings is 1. The maximum Gasteiger partial charge on any atom is 0.261 e. The van der Waals surface area contributed by atoms with Gasteiger partial charge in [-0.2, -0.15) is 0 Å². The van der Waals surface area contributed by atoms with Crippen LogP contribution in [0.4, 0.5) is 5.13 Å². The highest BCUT2D eigenvalue weighted by Gasteiger charge is 2.17. The van der Waals surface area contributed by atoms with E-state index >= 15 is 0 Å². The Morgan fingerprint density at radius 1 is 1.11 bits per heavy atom. The summed E-state index contributed by atoms with van der Waals surface area (Å²) in [5.74, 6) is -0.000837. The molecule has 0 bridgehead atoms. The number of thiazole rings is 1. The molecule has 3 aromatic rings. The Kier molecular flexibility index (Phi) is 6.36. The van der Waals surface area contributed by atoms with E-state index in [4.69, 9.17) is 0 Å². The molecule has 2 amide bonds. The first kappa shape index (κ1) is 19.3. The molecule has 1 aromatic carbocycles. The molecular formula is C20H21N3O2S2. The average Bonchev–Trinajstić information content (AvgIpc) is 3.32. The van der Waals surface area contributed by atoms with Gasteiger partial charge in [0.2, 0.25) is 5.91 Å². The third-order valence-corrected chi connectivity index (χ3v) is 5.99.